The molecule has 0 aliphatic carbocycles. The number of likely N-dealkylation sites (N-methyl/N-ethyl adjacent to an activating group) is 2. The molecular weight excluding hydrogens is 829 g/mol. The van der Waals surface area contributed by atoms with E-state index in [-0.39, 0.29) is 59.9 Å². The predicted octanol–water partition coefficient (Wildman–Crippen LogP) is 6.81. The number of thiazole rings is 1. The van der Waals surface area contributed by atoms with Crippen LogP contribution in [0.1, 0.15) is 96.3 Å². The molecule has 354 valence electrons. The van der Waals surface area contributed by atoms with Crippen molar-refractivity contribution in [3.8, 4) is 5.75 Å². The van der Waals surface area contributed by atoms with Gasteiger partial charge in [-0.25, -0.2) is 4.98 Å². The number of ether oxygens (including phenoxy) is 3. The smallest absolute Gasteiger partial charge is 0.245 e. The minimum Gasteiger partial charge on any atom is -0.497 e. The third-order valence-electron chi connectivity index (χ3n) is 13.1. The van der Waals surface area contributed by atoms with Gasteiger partial charge in [-0.05, 0) is 73.7 Å². The highest BCUT2D eigenvalue weighted by Crippen LogP contribution is 2.31. The summed E-state index contributed by atoms with van der Waals surface area (Å²) in [6.45, 7) is 15.1. The lowest BCUT2D eigenvalue weighted by molar-refractivity contribution is -0.148. The quantitative estimate of drug-likeness (QED) is 0.0938. The van der Waals surface area contributed by atoms with Gasteiger partial charge in [-0.3, -0.25) is 24.1 Å². The maximum atomic E-state index is 14.6. The molecule has 0 bridgehead atoms. The van der Waals surface area contributed by atoms with E-state index in [0.717, 1.165) is 41.1 Å². The van der Waals surface area contributed by atoms with Crippen LogP contribution >= 0.6 is 11.3 Å². The second-order valence-corrected chi connectivity index (χ2v) is 19.1. The van der Waals surface area contributed by atoms with Gasteiger partial charge < -0.3 is 34.6 Å². The van der Waals surface area contributed by atoms with E-state index in [9.17, 15) is 19.2 Å². The second kappa shape index (κ2) is 25.4. The van der Waals surface area contributed by atoms with Crippen molar-refractivity contribution in [2.24, 2.45) is 23.7 Å². The van der Waals surface area contributed by atoms with Crippen LogP contribution < -0.4 is 15.4 Å². The third-order valence-corrected chi connectivity index (χ3v) is 14.0. The number of aromatic nitrogens is 1. The van der Waals surface area contributed by atoms with Crippen LogP contribution in [0.2, 0.25) is 0 Å². The number of hydrogen-bond acceptors (Lipinski definition) is 10. The lowest BCUT2D eigenvalue weighted by Gasteiger charge is -2.41. The average molecular weight is 905 g/mol. The second-order valence-electron chi connectivity index (χ2n) is 18.2. The third kappa shape index (κ3) is 13.8. The van der Waals surface area contributed by atoms with Crippen molar-refractivity contribution in [3.63, 3.8) is 0 Å². The summed E-state index contributed by atoms with van der Waals surface area (Å²) in [4.78, 5) is 67.3. The van der Waals surface area contributed by atoms with E-state index >= 15 is 0 Å². The van der Waals surface area contributed by atoms with Gasteiger partial charge in [-0.1, -0.05) is 97.4 Å². The standard InChI is InChI=1S/C50H76N6O7S/c1-13-34(6)45(55(9)50(60)43(32(2)3)53-48(59)44(33(4)5)54(8)28-25-36-21-23-38(61-10)24-22-36)41(62-11)31-42(57)56-27-17-20-40(56)46(63-12)35(7)47(58)52-39(49-51-26-29-64-49)30-37-18-15-14-16-19-37/h14-16,18-19,21-24,26,29,32-35,39-41,43-46H,13,17,20,25,27-28,30-31H2,1-12H3,(H,52,58)(H,53,59)/t34-,35+,39-,40-,41+,43-,44?,45?,46+/m0/s1. The van der Waals surface area contributed by atoms with Gasteiger partial charge >= 0.3 is 0 Å². The summed E-state index contributed by atoms with van der Waals surface area (Å²) in [5.74, 6) is -0.729. The molecule has 0 spiro atoms. The first kappa shape index (κ1) is 52.3. The summed E-state index contributed by atoms with van der Waals surface area (Å²) < 4.78 is 17.5. The van der Waals surface area contributed by atoms with Gasteiger partial charge in [0.25, 0.3) is 0 Å². The number of likely N-dealkylation sites (tertiary alicyclic amines) is 1. The summed E-state index contributed by atoms with van der Waals surface area (Å²) in [5.41, 5.74) is 2.23. The monoisotopic (exact) mass is 905 g/mol. The first-order chi connectivity index (χ1) is 30.6. The first-order valence-corrected chi connectivity index (χ1v) is 23.9. The molecule has 2 N–H and O–H groups in total. The molecule has 1 fully saturated rings. The normalized spacial score (nSPS) is 17.9. The Kier molecular flexibility index (Phi) is 20.7. The van der Waals surface area contributed by atoms with Gasteiger partial charge in [0, 0.05) is 45.9 Å². The summed E-state index contributed by atoms with van der Waals surface area (Å²) in [7, 11) is 8.54. The fourth-order valence-electron chi connectivity index (χ4n) is 9.29. The zero-order valence-electron chi connectivity index (χ0n) is 40.4. The Morgan fingerprint density at radius 3 is 2.12 bits per heavy atom. The molecule has 0 radical (unpaired) electrons. The summed E-state index contributed by atoms with van der Waals surface area (Å²) in [6.07, 6.45) is 4.14. The maximum Gasteiger partial charge on any atom is 0.245 e. The van der Waals surface area contributed by atoms with E-state index in [1.807, 2.05) is 107 Å². The van der Waals surface area contributed by atoms with Crippen molar-refractivity contribution in [1.82, 2.24) is 30.3 Å². The predicted molar refractivity (Wildman–Crippen MR) is 254 cm³/mol. The van der Waals surface area contributed by atoms with Crippen molar-refractivity contribution in [2.75, 3.05) is 48.5 Å². The fourth-order valence-corrected chi connectivity index (χ4v) is 9.98. The molecular formula is C50H76N6O7S. The van der Waals surface area contributed by atoms with Crippen LogP contribution in [0.3, 0.4) is 0 Å². The number of amides is 4. The van der Waals surface area contributed by atoms with E-state index in [2.05, 4.69) is 34.4 Å². The Labute approximate surface area is 387 Å². The van der Waals surface area contributed by atoms with Crippen LogP contribution in [-0.4, -0.2) is 128 Å². The van der Waals surface area contributed by atoms with Crippen LogP contribution in [0.5, 0.6) is 5.75 Å². The van der Waals surface area contributed by atoms with Crippen LogP contribution in [0.15, 0.2) is 66.2 Å². The van der Waals surface area contributed by atoms with E-state index in [0.29, 0.717) is 25.9 Å². The van der Waals surface area contributed by atoms with Gasteiger partial charge in [-0.15, -0.1) is 11.3 Å². The minimum atomic E-state index is -0.797. The van der Waals surface area contributed by atoms with Crippen LogP contribution in [-0.2, 0) is 41.5 Å². The van der Waals surface area contributed by atoms with Crippen molar-refractivity contribution >= 4 is 35.0 Å². The number of rotatable bonds is 25. The maximum absolute atomic E-state index is 14.6. The number of nitrogens with one attached hydrogen (secondary N) is 2. The molecule has 1 aliphatic heterocycles. The van der Waals surface area contributed by atoms with Crippen LogP contribution in [0.25, 0.3) is 0 Å². The Morgan fingerprint density at radius 1 is 0.875 bits per heavy atom. The lowest BCUT2D eigenvalue weighted by atomic mass is 9.89. The van der Waals surface area contributed by atoms with Gasteiger partial charge in [0.2, 0.25) is 23.6 Å². The Balaban J connectivity index is 1.46. The Hall–Kier alpha value is -4.37. The fraction of sp³-hybridized carbons (Fsp3) is 0.620. The van der Waals surface area contributed by atoms with Gasteiger partial charge in [0.15, 0.2) is 0 Å². The first-order valence-electron chi connectivity index (χ1n) is 23.0. The number of carbonyl (C=O) groups is 4. The summed E-state index contributed by atoms with van der Waals surface area (Å²) >= 11 is 1.51. The highest BCUT2D eigenvalue weighted by atomic mass is 32.1. The molecule has 4 rings (SSSR count). The van der Waals surface area contributed by atoms with Gasteiger partial charge in [0.1, 0.15) is 16.8 Å². The topological polar surface area (TPSA) is 143 Å². The molecule has 0 saturated carbocycles. The number of nitrogens with zero attached hydrogens (tertiary/aromatic N) is 4. The van der Waals surface area contributed by atoms with Gasteiger partial charge in [-0.2, -0.15) is 0 Å². The largest absolute Gasteiger partial charge is 0.497 e. The molecule has 1 aromatic heterocycles. The molecule has 1 saturated heterocycles. The van der Waals surface area contributed by atoms with Crippen LogP contribution in [0, 0.1) is 23.7 Å². The number of hydrogen-bond donors (Lipinski definition) is 2. The molecule has 3 aromatic rings. The number of methoxy groups -OCH3 is 3. The average Bonchev–Trinajstić information content (AvgIpc) is 4.01. The molecule has 2 heterocycles. The van der Waals surface area contributed by atoms with E-state index in [1.165, 1.54) is 11.3 Å². The van der Waals surface area contributed by atoms with E-state index in [4.69, 9.17) is 14.2 Å². The Morgan fingerprint density at radius 2 is 1.56 bits per heavy atom. The molecule has 2 aromatic carbocycles. The molecule has 13 nitrogen and oxygen atoms in total. The molecule has 1 aliphatic rings. The zero-order valence-corrected chi connectivity index (χ0v) is 41.2. The van der Waals surface area contributed by atoms with Gasteiger partial charge in [0.05, 0.1) is 55.8 Å². The van der Waals surface area contributed by atoms with E-state index in [1.54, 1.807) is 39.5 Å². The van der Waals surface area contributed by atoms with Crippen molar-refractivity contribution < 1.29 is 33.4 Å². The van der Waals surface area contributed by atoms with Crippen molar-refractivity contribution in [3.05, 3.63) is 82.3 Å². The molecule has 2 unspecified atom stereocenters. The molecule has 14 heteroatoms. The minimum absolute atomic E-state index is 0.0113. The van der Waals surface area contributed by atoms with Crippen molar-refractivity contribution in [2.45, 2.75) is 129 Å². The molecule has 64 heavy (non-hydrogen) atoms. The highest BCUT2D eigenvalue weighted by molar-refractivity contribution is 7.09. The number of carbonyl (C=O) groups excluding carboxylic acids is 4. The highest BCUT2D eigenvalue weighted by Gasteiger charge is 2.43. The van der Waals surface area contributed by atoms with Crippen molar-refractivity contribution in [1.29, 1.82) is 0 Å². The van der Waals surface area contributed by atoms with E-state index < -0.39 is 36.3 Å². The van der Waals surface area contributed by atoms with Crippen LogP contribution in [0.4, 0.5) is 0 Å². The lowest BCUT2D eigenvalue weighted by Crippen LogP contribution is -2.60. The number of benzene rings is 2. The summed E-state index contributed by atoms with van der Waals surface area (Å²) in [6, 6.07) is 15.6. The summed E-state index contributed by atoms with van der Waals surface area (Å²) in [5, 5.41) is 9.13. The zero-order chi connectivity index (χ0) is 47.1. The molecule has 4 amide bonds. The SMILES string of the molecule is CC[C@H](C)C([C@@H](CC(=O)N1CCC[C@H]1[C@H](OC)[C@@H](C)C(=O)N[C@@H](Cc1ccccc1)c1nccs1)OC)N(C)C(=O)[C@@H](NC(=O)C(C(C)C)N(C)CCc1ccc(OC)cc1)C(C)C. The Bertz CT molecular complexity index is 1880. The molecule has 9 atom stereocenters.